The van der Waals surface area contributed by atoms with Gasteiger partial charge in [0.1, 0.15) is 0 Å². The third-order valence-corrected chi connectivity index (χ3v) is 5.53. The van der Waals surface area contributed by atoms with Crippen LogP contribution in [0.4, 0.5) is 0 Å². The zero-order valence-electron chi connectivity index (χ0n) is 12.0. The molecule has 5 heteroatoms. The van der Waals surface area contributed by atoms with E-state index in [2.05, 4.69) is 11.6 Å². The molecule has 0 heterocycles. The molecule has 0 aliphatic heterocycles. The highest BCUT2D eigenvalue weighted by Gasteiger charge is 2.41. The van der Waals surface area contributed by atoms with Crippen LogP contribution < -0.4 is 4.72 Å². The Morgan fingerprint density at radius 2 is 2.00 bits per heavy atom. The number of carbonyl (C=O) groups excluding carboxylic acids is 1. The van der Waals surface area contributed by atoms with E-state index in [1.54, 1.807) is 19.1 Å². The first-order valence-electron chi connectivity index (χ1n) is 7.05. The maximum Gasteiger partial charge on any atom is 0.240 e. The molecule has 1 aliphatic rings. The molecule has 0 spiro atoms. The number of rotatable bonds is 7. The minimum Gasteiger partial charge on any atom is -0.294 e. The minimum absolute atomic E-state index is 0.0470. The van der Waals surface area contributed by atoms with Gasteiger partial charge in [0.15, 0.2) is 5.78 Å². The maximum absolute atomic E-state index is 12.3. The lowest BCUT2D eigenvalue weighted by atomic mass is 10.1. The third-order valence-electron chi connectivity index (χ3n) is 4.13. The van der Waals surface area contributed by atoms with Crippen molar-refractivity contribution in [3.8, 4) is 0 Å². The summed E-state index contributed by atoms with van der Waals surface area (Å²) in [4.78, 5) is 11.8. The summed E-state index contributed by atoms with van der Waals surface area (Å²) in [6.45, 7) is 4.33. The fourth-order valence-electron chi connectivity index (χ4n) is 2.20. The summed E-state index contributed by atoms with van der Waals surface area (Å²) in [6, 6.07) is 6.25. The van der Waals surface area contributed by atoms with Gasteiger partial charge in [0.05, 0.1) is 4.90 Å². The minimum atomic E-state index is -3.53. The Morgan fingerprint density at radius 3 is 2.55 bits per heavy atom. The van der Waals surface area contributed by atoms with Gasteiger partial charge >= 0.3 is 0 Å². The molecule has 0 amide bonds. The van der Waals surface area contributed by atoms with Crippen molar-refractivity contribution < 1.29 is 13.2 Å². The fourth-order valence-corrected chi connectivity index (χ4v) is 3.41. The molecule has 0 atom stereocenters. The van der Waals surface area contributed by atoms with Crippen molar-refractivity contribution in [2.24, 2.45) is 5.41 Å². The molecule has 1 aromatic rings. The lowest BCUT2D eigenvalue weighted by Gasteiger charge is -2.14. The van der Waals surface area contributed by atoms with Crippen molar-refractivity contribution in [1.82, 2.24) is 4.72 Å². The lowest BCUT2D eigenvalue weighted by molar-refractivity contribution is 0.0988. The summed E-state index contributed by atoms with van der Waals surface area (Å²) in [6.07, 6.45) is 3.53. The topological polar surface area (TPSA) is 63.2 Å². The van der Waals surface area contributed by atoms with Crippen molar-refractivity contribution >= 4 is 15.8 Å². The van der Waals surface area contributed by atoms with Crippen molar-refractivity contribution in [3.63, 3.8) is 0 Å². The first-order valence-corrected chi connectivity index (χ1v) is 8.54. The Morgan fingerprint density at radius 1 is 1.30 bits per heavy atom. The number of benzene rings is 1. The third kappa shape index (κ3) is 3.27. The fraction of sp³-hybridized carbons (Fsp3) is 0.533. The Labute approximate surface area is 120 Å². The molecular formula is C15H21NO3S. The largest absolute Gasteiger partial charge is 0.294 e. The molecule has 20 heavy (non-hydrogen) atoms. The molecule has 0 aromatic heterocycles. The highest BCUT2D eigenvalue weighted by Crippen LogP contribution is 2.48. The average Bonchev–Trinajstić information content (AvgIpc) is 3.25. The van der Waals surface area contributed by atoms with Crippen molar-refractivity contribution in [3.05, 3.63) is 29.8 Å². The van der Waals surface area contributed by atoms with Crippen molar-refractivity contribution in [2.45, 2.75) is 44.4 Å². The van der Waals surface area contributed by atoms with Crippen molar-refractivity contribution in [2.75, 3.05) is 6.54 Å². The van der Waals surface area contributed by atoms with Crippen LogP contribution >= 0.6 is 0 Å². The highest BCUT2D eigenvalue weighted by atomic mass is 32.2. The van der Waals surface area contributed by atoms with Crippen LogP contribution in [0.25, 0.3) is 0 Å². The normalized spacial score (nSPS) is 16.9. The smallest absolute Gasteiger partial charge is 0.240 e. The van der Waals surface area contributed by atoms with E-state index in [0.717, 1.165) is 19.3 Å². The number of hydrogen-bond donors (Lipinski definition) is 1. The Kier molecular flexibility index (Phi) is 4.30. The number of ketones is 1. The van der Waals surface area contributed by atoms with Crippen molar-refractivity contribution in [1.29, 1.82) is 0 Å². The Balaban J connectivity index is 2.15. The maximum atomic E-state index is 12.3. The molecule has 1 aliphatic carbocycles. The van der Waals surface area contributed by atoms with Crippen LogP contribution in [0.15, 0.2) is 29.2 Å². The summed E-state index contributed by atoms with van der Waals surface area (Å²) in [5, 5.41) is 0. The predicted octanol–water partition coefficient (Wildman–Crippen LogP) is 2.75. The van der Waals surface area contributed by atoms with E-state index in [9.17, 15) is 13.2 Å². The second kappa shape index (κ2) is 5.66. The van der Waals surface area contributed by atoms with E-state index in [1.165, 1.54) is 12.1 Å². The summed E-state index contributed by atoms with van der Waals surface area (Å²) in [5.41, 5.74) is 0.608. The molecule has 0 unspecified atom stereocenters. The molecule has 2 rings (SSSR count). The van der Waals surface area contributed by atoms with Crippen LogP contribution in [0.2, 0.25) is 0 Å². The van der Waals surface area contributed by atoms with Gasteiger partial charge in [-0.15, -0.1) is 0 Å². The van der Waals surface area contributed by atoms with Gasteiger partial charge in [0.2, 0.25) is 10.0 Å². The van der Waals surface area contributed by atoms with Crippen LogP contribution in [-0.2, 0) is 10.0 Å². The summed E-state index contributed by atoms with van der Waals surface area (Å²) in [7, 11) is -3.53. The molecule has 1 saturated carbocycles. The van der Waals surface area contributed by atoms with Gasteiger partial charge < -0.3 is 0 Å². The predicted molar refractivity (Wildman–Crippen MR) is 78.2 cm³/mol. The molecular weight excluding hydrogens is 274 g/mol. The molecule has 4 nitrogen and oxygen atoms in total. The van der Waals surface area contributed by atoms with Crippen LogP contribution in [0.1, 0.15) is 49.9 Å². The number of Topliss-reactive ketones (excluding diaryl/α,β-unsaturated/α-hetero) is 1. The van der Waals surface area contributed by atoms with Gasteiger partial charge in [0, 0.05) is 18.5 Å². The van der Waals surface area contributed by atoms with Gasteiger partial charge in [-0.3, -0.25) is 4.79 Å². The van der Waals surface area contributed by atoms with E-state index >= 15 is 0 Å². The van der Waals surface area contributed by atoms with E-state index in [-0.39, 0.29) is 16.1 Å². The summed E-state index contributed by atoms with van der Waals surface area (Å²) in [5.74, 6) is -0.0470. The van der Waals surface area contributed by atoms with E-state index in [0.29, 0.717) is 18.5 Å². The SMILES string of the molecule is CCC(=O)c1cccc(S(=O)(=O)NCC2(CC)CC2)c1. The number of hydrogen-bond acceptors (Lipinski definition) is 3. The number of sulfonamides is 1. The molecule has 110 valence electrons. The molecule has 0 saturated heterocycles. The molecule has 1 aromatic carbocycles. The van der Waals surface area contributed by atoms with Crippen LogP contribution in [-0.4, -0.2) is 20.7 Å². The first-order chi connectivity index (χ1) is 9.42. The molecule has 0 bridgehead atoms. The summed E-state index contributed by atoms with van der Waals surface area (Å²) >= 11 is 0. The first kappa shape index (κ1) is 15.2. The van der Waals surface area contributed by atoms with Gasteiger partial charge in [-0.1, -0.05) is 26.0 Å². The quantitative estimate of drug-likeness (QED) is 0.787. The van der Waals surface area contributed by atoms with Gasteiger partial charge in [-0.2, -0.15) is 0 Å². The van der Waals surface area contributed by atoms with Crippen LogP contribution in [0.3, 0.4) is 0 Å². The standard InChI is InChI=1S/C15H21NO3S/c1-3-14(17)12-6-5-7-13(10-12)20(18,19)16-11-15(4-2)8-9-15/h5-7,10,16H,3-4,8-9,11H2,1-2H3. The molecule has 1 N–H and O–H groups in total. The Bertz CT molecular complexity index is 603. The van der Waals surface area contributed by atoms with Gasteiger partial charge in [0.25, 0.3) is 0 Å². The highest BCUT2D eigenvalue weighted by molar-refractivity contribution is 7.89. The zero-order chi connectivity index (χ0) is 14.8. The molecule has 0 radical (unpaired) electrons. The second-order valence-corrected chi connectivity index (χ2v) is 7.25. The van der Waals surface area contributed by atoms with E-state index in [4.69, 9.17) is 0 Å². The average molecular weight is 295 g/mol. The van der Waals surface area contributed by atoms with E-state index < -0.39 is 10.0 Å². The van der Waals surface area contributed by atoms with Crippen LogP contribution in [0, 0.1) is 5.41 Å². The number of carbonyl (C=O) groups is 1. The molecule has 1 fully saturated rings. The Hall–Kier alpha value is -1.20. The van der Waals surface area contributed by atoms with Crippen LogP contribution in [0.5, 0.6) is 0 Å². The van der Waals surface area contributed by atoms with E-state index in [1.807, 2.05) is 0 Å². The second-order valence-electron chi connectivity index (χ2n) is 5.48. The lowest BCUT2D eigenvalue weighted by Crippen LogP contribution is -2.30. The van der Waals surface area contributed by atoms with Gasteiger partial charge in [-0.25, -0.2) is 13.1 Å². The monoisotopic (exact) mass is 295 g/mol. The van der Waals surface area contributed by atoms with Gasteiger partial charge in [-0.05, 0) is 36.8 Å². The number of nitrogens with one attached hydrogen (secondary N) is 1. The zero-order valence-corrected chi connectivity index (χ0v) is 12.8. The summed E-state index contributed by atoms with van der Waals surface area (Å²) < 4.78 is 27.2.